The van der Waals surface area contributed by atoms with E-state index in [1.54, 1.807) is 31.4 Å². The quantitative estimate of drug-likeness (QED) is 0.610. The van der Waals surface area contributed by atoms with Crippen molar-refractivity contribution in [1.82, 2.24) is 9.78 Å². The number of Topliss-reactive ketones (excluding diaryl/α,β-unsaturated/α-hetero) is 2. The molecule has 0 unspecified atom stereocenters. The fraction of sp³-hybridized carbons (Fsp3) is 0.214. The highest BCUT2D eigenvalue weighted by Gasteiger charge is 2.15. The lowest BCUT2D eigenvalue weighted by molar-refractivity contribution is 0.0889. The summed E-state index contributed by atoms with van der Waals surface area (Å²) in [4.78, 5) is 23.8. The van der Waals surface area contributed by atoms with Gasteiger partial charge in [-0.2, -0.15) is 5.10 Å². The Hall–Kier alpha value is -2.23. The summed E-state index contributed by atoms with van der Waals surface area (Å²) < 4.78 is 1.48. The van der Waals surface area contributed by atoms with Gasteiger partial charge in [0.05, 0.1) is 6.42 Å². The van der Waals surface area contributed by atoms with E-state index in [0.717, 1.165) is 5.56 Å². The summed E-state index contributed by atoms with van der Waals surface area (Å²) >= 11 is 0. The normalized spacial score (nSPS) is 10.3. The van der Waals surface area contributed by atoms with Crippen LogP contribution in [-0.4, -0.2) is 21.3 Å². The smallest absolute Gasteiger partial charge is 0.188 e. The maximum Gasteiger partial charge on any atom is 0.188 e. The van der Waals surface area contributed by atoms with Crippen LogP contribution in [0.5, 0.6) is 0 Å². The van der Waals surface area contributed by atoms with Crippen molar-refractivity contribution in [2.45, 2.75) is 13.3 Å². The topological polar surface area (TPSA) is 52.0 Å². The van der Waals surface area contributed by atoms with E-state index >= 15 is 0 Å². The van der Waals surface area contributed by atoms with Gasteiger partial charge in [0.15, 0.2) is 11.6 Å². The van der Waals surface area contributed by atoms with Crippen molar-refractivity contribution in [3.63, 3.8) is 0 Å². The van der Waals surface area contributed by atoms with E-state index in [-0.39, 0.29) is 18.0 Å². The highest BCUT2D eigenvalue weighted by molar-refractivity contribution is 6.12. The maximum absolute atomic E-state index is 11.9. The second-order valence-corrected chi connectivity index (χ2v) is 4.23. The van der Waals surface area contributed by atoms with E-state index in [1.165, 1.54) is 4.68 Å². The average molecular weight is 242 g/mol. The van der Waals surface area contributed by atoms with Gasteiger partial charge in [0.25, 0.3) is 0 Å². The first kappa shape index (κ1) is 12.2. The Morgan fingerprint density at radius 1 is 1.11 bits per heavy atom. The molecule has 0 amide bonds. The van der Waals surface area contributed by atoms with Gasteiger partial charge in [0.2, 0.25) is 0 Å². The molecular formula is C14H14N2O2. The zero-order valence-corrected chi connectivity index (χ0v) is 10.4. The summed E-state index contributed by atoms with van der Waals surface area (Å²) in [5.74, 6) is -0.373. The molecule has 0 N–H and O–H groups in total. The summed E-state index contributed by atoms with van der Waals surface area (Å²) in [5.41, 5.74) is 2.11. The molecule has 4 nitrogen and oxygen atoms in total. The van der Waals surface area contributed by atoms with Crippen LogP contribution in [0.15, 0.2) is 36.5 Å². The molecule has 1 heterocycles. The van der Waals surface area contributed by atoms with Crippen LogP contribution >= 0.6 is 0 Å². The number of ketones is 2. The minimum absolute atomic E-state index is 0.122. The van der Waals surface area contributed by atoms with Crippen molar-refractivity contribution in [2.24, 2.45) is 7.05 Å². The van der Waals surface area contributed by atoms with E-state index in [2.05, 4.69) is 5.10 Å². The van der Waals surface area contributed by atoms with E-state index in [1.807, 2.05) is 19.1 Å². The van der Waals surface area contributed by atoms with Crippen LogP contribution in [0.4, 0.5) is 0 Å². The van der Waals surface area contributed by atoms with E-state index in [4.69, 9.17) is 0 Å². The zero-order valence-electron chi connectivity index (χ0n) is 10.4. The second-order valence-electron chi connectivity index (χ2n) is 4.23. The third kappa shape index (κ3) is 2.53. The number of rotatable bonds is 4. The highest BCUT2D eigenvalue weighted by Crippen LogP contribution is 2.09. The van der Waals surface area contributed by atoms with Crippen molar-refractivity contribution >= 4 is 11.6 Å². The first-order valence-corrected chi connectivity index (χ1v) is 5.69. The summed E-state index contributed by atoms with van der Waals surface area (Å²) in [7, 11) is 1.68. The summed E-state index contributed by atoms with van der Waals surface area (Å²) in [6, 6.07) is 8.83. The Morgan fingerprint density at radius 3 is 2.33 bits per heavy atom. The Kier molecular flexibility index (Phi) is 3.37. The fourth-order valence-corrected chi connectivity index (χ4v) is 1.73. The third-order valence-electron chi connectivity index (χ3n) is 2.80. The Bertz CT molecular complexity index is 582. The predicted octanol–water partition coefficient (Wildman–Crippen LogP) is 2.18. The number of hydrogen-bond donors (Lipinski definition) is 0. The van der Waals surface area contributed by atoms with Crippen molar-refractivity contribution in [1.29, 1.82) is 0 Å². The number of nitrogens with zero attached hydrogens (tertiary/aromatic N) is 2. The minimum atomic E-state index is -0.208. The Morgan fingerprint density at radius 2 is 1.78 bits per heavy atom. The molecule has 0 saturated heterocycles. The first-order chi connectivity index (χ1) is 8.58. The number of benzene rings is 1. The summed E-state index contributed by atoms with van der Waals surface area (Å²) in [6.45, 7) is 1.95. The molecule has 2 aromatic rings. The van der Waals surface area contributed by atoms with E-state index in [9.17, 15) is 9.59 Å². The van der Waals surface area contributed by atoms with Crippen LogP contribution in [0.3, 0.4) is 0 Å². The largest absolute Gasteiger partial charge is 0.294 e. The van der Waals surface area contributed by atoms with Gasteiger partial charge < -0.3 is 0 Å². The van der Waals surface area contributed by atoms with E-state index in [0.29, 0.717) is 11.3 Å². The molecule has 0 radical (unpaired) electrons. The molecule has 0 spiro atoms. The zero-order chi connectivity index (χ0) is 13.1. The average Bonchev–Trinajstić information content (AvgIpc) is 2.76. The van der Waals surface area contributed by atoms with E-state index < -0.39 is 0 Å². The fourth-order valence-electron chi connectivity index (χ4n) is 1.73. The molecule has 0 bridgehead atoms. The lowest BCUT2D eigenvalue weighted by atomic mass is 10.0. The SMILES string of the molecule is Cc1ccc(C(=O)CC(=O)c2ccnn2C)cc1. The van der Waals surface area contributed by atoms with Crippen molar-refractivity contribution < 1.29 is 9.59 Å². The molecule has 1 aromatic carbocycles. The van der Waals surface area contributed by atoms with Crippen molar-refractivity contribution in [2.75, 3.05) is 0 Å². The minimum Gasteiger partial charge on any atom is -0.294 e. The van der Waals surface area contributed by atoms with Crippen LogP contribution in [0.1, 0.15) is 32.8 Å². The standard InChI is InChI=1S/C14H14N2O2/c1-10-3-5-11(6-4-10)13(17)9-14(18)12-7-8-15-16(12)2/h3-8H,9H2,1-2H3. The van der Waals surface area contributed by atoms with Gasteiger partial charge in [-0.05, 0) is 13.0 Å². The van der Waals surface area contributed by atoms with Crippen LogP contribution in [-0.2, 0) is 7.05 Å². The highest BCUT2D eigenvalue weighted by atomic mass is 16.1. The Labute approximate surface area is 105 Å². The molecule has 18 heavy (non-hydrogen) atoms. The van der Waals surface area contributed by atoms with Gasteiger partial charge >= 0.3 is 0 Å². The van der Waals surface area contributed by atoms with Gasteiger partial charge in [-0.15, -0.1) is 0 Å². The molecule has 4 heteroatoms. The molecule has 0 aliphatic heterocycles. The molecule has 0 fully saturated rings. The van der Waals surface area contributed by atoms with Gasteiger partial charge in [-0.25, -0.2) is 0 Å². The summed E-state index contributed by atoms with van der Waals surface area (Å²) in [5, 5.41) is 3.91. The number of aryl methyl sites for hydroxylation is 2. The molecule has 0 aliphatic rings. The van der Waals surface area contributed by atoms with Gasteiger partial charge in [0.1, 0.15) is 5.69 Å². The number of hydrogen-bond acceptors (Lipinski definition) is 3. The Balaban J connectivity index is 2.10. The van der Waals surface area contributed by atoms with Crippen LogP contribution in [0, 0.1) is 6.92 Å². The van der Waals surface area contributed by atoms with Crippen molar-refractivity contribution in [3.05, 3.63) is 53.3 Å². The number of carbonyl (C=O) groups excluding carboxylic acids is 2. The molecule has 0 aliphatic carbocycles. The molecule has 2 rings (SSSR count). The monoisotopic (exact) mass is 242 g/mol. The number of carbonyl (C=O) groups is 2. The molecule has 0 atom stereocenters. The lowest BCUT2D eigenvalue weighted by Crippen LogP contribution is -2.12. The first-order valence-electron chi connectivity index (χ1n) is 5.69. The molecule has 92 valence electrons. The van der Waals surface area contributed by atoms with Crippen LogP contribution in [0.2, 0.25) is 0 Å². The third-order valence-corrected chi connectivity index (χ3v) is 2.80. The summed E-state index contributed by atoms with van der Waals surface area (Å²) in [6.07, 6.45) is 1.42. The van der Waals surface area contributed by atoms with Crippen molar-refractivity contribution in [3.8, 4) is 0 Å². The number of aromatic nitrogens is 2. The molecular weight excluding hydrogens is 228 g/mol. The van der Waals surface area contributed by atoms with Gasteiger partial charge in [-0.1, -0.05) is 29.8 Å². The van der Waals surface area contributed by atoms with Crippen LogP contribution in [0.25, 0.3) is 0 Å². The van der Waals surface area contributed by atoms with Gasteiger partial charge in [-0.3, -0.25) is 14.3 Å². The maximum atomic E-state index is 11.9. The molecule has 1 aromatic heterocycles. The van der Waals surface area contributed by atoms with Gasteiger partial charge in [0, 0.05) is 18.8 Å². The predicted molar refractivity (Wildman–Crippen MR) is 67.7 cm³/mol. The lowest BCUT2D eigenvalue weighted by Gasteiger charge is -2.02. The second kappa shape index (κ2) is 4.96. The molecule has 0 saturated carbocycles. The van der Waals surface area contributed by atoms with Crippen LogP contribution < -0.4 is 0 Å².